The van der Waals surface area contributed by atoms with Gasteiger partial charge in [0.1, 0.15) is 11.6 Å². The predicted molar refractivity (Wildman–Crippen MR) is 107 cm³/mol. The molecule has 0 bridgehead atoms. The first-order chi connectivity index (χ1) is 14.1. The molecule has 0 aliphatic rings. The van der Waals surface area contributed by atoms with E-state index in [0.717, 1.165) is 23.4 Å². The maximum atomic E-state index is 14.5. The summed E-state index contributed by atoms with van der Waals surface area (Å²) in [5, 5.41) is 11.4. The quantitative estimate of drug-likeness (QED) is 0.426. The number of methoxy groups -OCH3 is 1. The molecule has 0 atom stereocenters. The van der Waals surface area contributed by atoms with Crippen LogP contribution in [0.4, 0.5) is 8.78 Å². The third-order valence-corrected chi connectivity index (χ3v) is 4.92. The van der Waals surface area contributed by atoms with Crippen LogP contribution in [0.1, 0.15) is 6.42 Å². The molecule has 3 aromatic rings. The first kappa shape index (κ1) is 20.9. The van der Waals surface area contributed by atoms with Gasteiger partial charge >= 0.3 is 0 Å². The van der Waals surface area contributed by atoms with Gasteiger partial charge < -0.3 is 10.1 Å². The van der Waals surface area contributed by atoms with Crippen LogP contribution in [0.2, 0.25) is 0 Å². The maximum absolute atomic E-state index is 14.5. The summed E-state index contributed by atoms with van der Waals surface area (Å²) in [7, 11) is 1.60. The number of thioether (sulfide) groups is 1. The Morgan fingerprint density at radius 1 is 1.17 bits per heavy atom. The van der Waals surface area contributed by atoms with Gasteiger partial charge in [-0.3, -0.25) is 9.36 Å². The number of hydrogen-bond donors (Lipinski definition) is 1. The van der Waals surface area contributed by atoms with Crippen LogP contribution >= 0.6 is 11.8 Å². The molecule has 0 aliphatic heterocycles. The molecular formula is C20H20F2N4O2S. The summed E-state index contributed by atoms with van der Waals surface area (Å²) in [6, 6.07) is 12.5. The molecule has 0 saturated heterocycles. The number of aromatic nitrogens is 3. The van der Waals surface area contributed by atoms with E-state index in [1.807, 2.05) is 30.3 Å². The number of carbonyl (C=O) groups excluding carboxylic acids is 1. The molecule has 0 unspecified atom stereocenters. The first-order valence-corrected chi connectivity index (χ1v) is 9.93. The average Bonchev–Trinajstić information content (AvgIpc) is 3.14. The van der Waals surface area contributed by atoms with Crippen molar-refractivity contribution < 1.29 is 18.3 Å². The zero-order valence-corrected chi connectivity index (χ0v) is 16.6. The van der Waals surface area contributed by atoms with Crippen LogP contribution in [-0.2, 0) is 9.53 Å². The lowest BCUT2D eigenvalue weighted by molar-refractivity contribution is -0.118. The second-order valence-electron chi connectivity index (χ2n) is 6.09. The van der Waals surface area contributed by atoms with E-state index >= 15 is 0 Å². The largest absolute Gasteiger partial charge is 0.385 e. The van der Waals surface area contributed by atoms with Gasteiger partial charge in [0.15, 0.2) is 11.0 Å². The Balaban J connectivity index is 1.86. The summed E-state index contributed by atoms with van der Waals surface area (Å²) >= 11 is 1.13. The SMILES string of the molecule is COCCCNC(=O)CSc1nnc(-c2ccccc2)n1-c1ccc(F)cc1F. The highest BCUT2D eigenvalue weighted by Gasteiger charge is 2.19. The van der Waals surface area contributed by atoms with Gasteiger partial charge in [-0.25, -0.2) is 8.78 Å². The molecule has 1 aromatic heterocycles. The third-order valence-electron chi connectivity index (χ3n) is 4.00. The number of nitrogens with zero attached hydrogens (tertiary/aromatic N) is 3. The number of rotatable bonds is 9. The highest BCUT2D eigenvalue weighted by molar-refractivity contribution is 7.99. The van der Waals surface area contributed by atoms with E-state index in [4.69, 9.17) is 4.74 Å². The molecule has 9 heteroatoms. The highest BCUT2D eigenvalue weighted by atomic mass is 32.2. The van der Waals surface area contributed by atoms with Gasteiger partial charge in [-0.15, -0.1) is 10.2 Å². The minimum Gasteiger partial charge on any atom is -0.385 e. The second kappa shape index (κ2) is 10.1. The molecule has 1 N–H and O–H groups in total. The fraction of sp³-hybridized carbons (Fsp3) is 0.250. The van der Waals surface area contributed by atoms with Crippen LogP contribution in [0.3, 0.4) is 0 Å². The Hall–Kier alpha value is -2.78. The van der Waals surface area contributed by atoms with Crippen molar-refractivity contribution in [3.8, 4) is 17.1 Å². The van der Waals surface area contributed by atoms with E-state index in [1.54, 1.807) is 7.11 Å². The molecule has 0 saturated carbocycles. The molecule has 0 spiro atoms. The lowest BCUT2D eigenvalue weighted by atomic mass is 10.2. The van der Waals surface area contributed by atoms with Crippen molar-refractivity contribution >= 4 is 17.7 Å². The number of amides is 1. The van der Waals surface area contributed by atoms with E-state index in [2.05, 4.69) is 15.5 Å². The van der Waals surface area contributed by atoms with Gasteiger partial charge in [0.25, 0.3) is 0 Å². The van der Waals surface area contributed by atoms with Crippen molar-refractivity contribution in [2.24, 2.45) is 0 Å². The number of carbonyl (C=O) groups is 1. The summed E-state index contributed by atoms with van der Waals surface area (Å²) < 4.78 is 34.3. The molecule has 0 fully saturated rings. The number of benzene rings is 2. The molecular weight excluding hydrogens is 398 g/mol. The molecule has 3 rings (SSSR count). The van der Waals surface area contributed by atoms with Gasteiger partial charge in [0, 0.05) is 31.9 Å². The summed E-state index contributed by atoms with van der Waals surface area (Å²) in [6.45, 7) is 1.06. The second-order valence-corrected chi connectivity index (χ2v) is 7.03. The topological polar surface area (TPSA) is 69.0 Å². The number of halogens is 2. The standard InChI is InChI=1S/C20H20F2N4O2S/c1-28-11-5-10-23-18(27)13-29-20-25-24-19(14-6-3-2-4-7-14)26(20)17-9-8-15(21)12-16(17)22/h2-4,6-9,12H,5,10-11,13H2,1H3,(H,23,27). The summed E-state index contributed by atoms with van der Waals surface area (Å²) in [6.07, 6.45) is 0.710. The third kappa shape index (κ3) is 5.39. The van der Waals surface area contributed by atoms with Crippen molar-refractivity contribution in [1.82, 2.24) is 20.1 Å². The Morgan fingerprint density at radius 3 is 2.69 bits per heavy atom. The molecule has 1 heterocycles. The fourth-order valence-electron chi connectivity index (χ4n) is 2.64. The first-order valence-electron chi connectivity index (χ1n) is 8.95. The molecule has 152 valence electrons. The Kier molecular flexibility index (Phi) is 7.31. The normalized spacial score (nSPS) is 10.9. The van der Waals surface area contributed by atoms with E-state index < -0.39 is 11.6 Å². The smallest absolute Gasteiger partial charge is 0.230 e. The van der Waals surface area contributed by atoms with Crippen LogP contribution in [0.5, 0.6) is 0 Å². The minimum atomic E-state index is -0.743. The summed E-state index contributed by atoms with van der Waals surface area (Å²) in [5.41, 5.74) is 0.831. The van der Waals surface area contributed by atoms with Crippen LogP contribution in [0, 0.1) is 11.6 Å². The summed E-state index contributed by atoms with van der Waals surface area (Å²) in [5.74, 6) is -1.11. The van der Waals surface area contributed by atoms with Gasteiger partial charge in [0.2, 0.25) is 5.91 Å². The lowest BCUT2D eigenvalue weighted by Crippen LogP contribution is -2.27. The van der Waals surface area contributed by atoms with Crippen LogP contribution in [0.15, 0.2) is 53.7 Å². The highest BCUT2D eigenvalue weighted by Crippen LogP contribution is 2.29. The molecule has 2 aromatic carbocycles. The van der Waals surface area contributed by atoms with E-state index in [0.29, 0.717) is 30.6 Å². The van der Waals surface area contributed by atoms with Crippen LogP contribution < -0.4 is 5.32 Å². The molecule has 0 aliphatic carbocycles. The predicted octanol–water partition coefficient (Wildman–Crippen LogP) is 3.46. The van der Waals surface area contributed by atoms with Gasteiger partial charge in [-0.2, -0.15) is 0 Å². The number of ether oxygens (including phenoxy) is 1. The van der Waals surface area contributed by atoms with E-state index in [-0.39, 0.29) is 17.3 Å². The zero-order chi connectivity index (χ0) is 20.6. The van der Waals surface area contributed by atoms with Crippen molar-refractivity contribution in [3.05, 3.63) is 60.2 Å². The average molecular weight is 418 g/mol. The van der Waals surface area contributed by atoms with E-state index in [1.165, 1.54) is 16.7 Å². The monoisotopic (exact) mass is 418 g/mol. The lowest BCUT2D eigenvalue weighted by Gasteiger charge is -2.11. The molecule has 0 radical (unpaired) electrons. The van der Waals surface area contributed by atoms with Crippen molar-refractivity contribution in [2.75, 3.05) is 26.0 Å². The molecule has 6 nitrogen and oxygen atoms in total. The maximum Gasteiger partial charge on any atom is 0.230 e. The van der Waals surface area contributed by atoms with Crippen molar-refractivity contribution in [2.45, 2.75) is 11.6 Å². The molecule has 29 heavy (non-hydrogen) atoms. The van der Waals surface area contributed by atoms with Gasteiger partial charge in [0.05, 0.1) is 11.4 Å². The fourth-order valence-corrected chi connectivity index (χ4v) is 3.42. The van der Waals surface area contributed by atoms with E-state index in [9.17, 15) is 13.6 Å². The number of nitrogens with one attached hydrogen (secondary N) is 1. The molecule has 1 amide bonds. The van der Waals surface area contributed by atoms with Crippen molar-refractivity contribution in [1.29, 1.82) is 0 Å². The minimum absolute atomic E-state index is 0.0860. The Labute approximate surface area is 171 Å². The number of hydrogen-bond acceptors (Lipinski definition) is 5. The van der Waals surface area contributed by atoms with Crippen LogP contribution in [0.25, 0.3) is 17.1 Å². The van der Waals surface area contributed by atoms with Crippen LogP contribution in [-0.4, -0.2) is 46.7 Å². The zero-order valence-electron chi connectivity index (χ0n) is 15.8. The summed E-state index contributed by atoms with van der Waals surface area (Å²) in [4.78, 5) is 12.1. The Morgan fingerprint density at radius 2 is 1.97 bits per heavy atom. The Bertz CT molecular complexity index is 966. The van der Waals surface area contributed by atoms with Gasteiger partial charge in [-0.05, 0) is 18.6 Å². The van der Waals surface area contributed by atoms with Gasteiger partial charge in [-0.1, -0.05) is 42.1 Å². The van der Waals surface area contributed by atoms with Crippen molar-refractivity contribution in [3.63, 3.8) is 0 Å².